The van der Waals surface area contributed by atoms with Gasteiger partial charge in [0.05, 0.1) is 36.9 Å². The lowest BCUT2D eigenvalue weighted by molar-refractivity contribution is -0.346. The van der Waals surface area contributed by atoms with Crippen molar-refractivity contribution in [3.8, 4) is 0 Å². The summed E-state index contributed by atoms with van der Waals surface area (Å²) in [6, 6.07) is -1.15. The topological polar surface area (TPSA) is 147 Å². The largest absolute Gasteiger partial charge is 0.507 e. The van der Waals surface area contributed by atoms with Crippen LogP contribution in [-0.2, 0) is 33.3 Å². The quantitative estimate of drug-likeness (QED) is 0.100. The van der Waals surface area contributed by atoms with E-state index in [1.54, 1.807) is 19.9 Å². The van der Waals surface area contributed by atoms with Gasteiger partial charge in [-0.25, -0.2) is 0 Å². The third kappa shape index (κ3) is 5.50. The number of nitrogens with one attached hydrogen (secondary N) is 1. The molecule has 0 unspecified atom stereocenters. The molecule has 4 saturated heterocycles. The second-order valence-electron chi connectivity index (χ2n) is 12.7. The van der Waals surface area contributed by atoms with E-state index < -0.39 is 65.1 Å². The summed E-state index contributed by atoms with van der Waals surface area (Å²) in [4.78, 5) is 41.1. The summed E-state index contributed by atoms with van der Waals surface area (Å²) < 4.78 is 24.3. The first-order valence-corrected chi connectivity index (χ1v) is 15.1. The normalized spacial score (nSPS) is 42.0. The summed E-state index contributed by atoms with van der Waals surface area (Å²) in [7, 11) is 1.46. The molecule has 3 N–H and O–H groups in total. The van der Waals surface area contributed by atoms with Gasteiger partial charge in [-0.1, -0.05) is 44.6 Å². The number of carbonyl (C=O) groups is 3. The Bertz CT molecular complexity index is 1280. The number of amides is 2. The number of Topliss-reactive ketones (excluding diaryl/α,β-unsaturated/α-hetero) is 1. The van der Waals surface area contributed by atoms with Gasteiger partial charge in [0.2, 0.25) is 11.7 Å². The zero-order valence-corrected chi connectivity index (χ0v) is 25.9. The van der Waals surface area contributed by atoms with Crippen molar-refractivity contribution in [3.05, 3.63) is 47.3 Å². The molecule has 0 aliphatic carbocycles. The molecule has 5 aliphatic heterocycles. The van der Waals surface area contributed by atoms with Crippen LogP contribution in [0.1, 0.15) is 54.4 Å². The Labute approximate surface area is 252 Å². The number of nitrogens with zero attached hydrogens (tertiary/aromatic N) is 1. The molecule has 0 saturated carbocycles. The number of ketones is 1. The molecule has 1 spiro atoms. The van der Waals surface area contributed by atoms with Gasteiger partial charge in [0.1, 0.15) is 23.6 Å². The molecule has 11 atom stereocenters. The van der Waals surface area contributed by atoms with Gasteiger partial charge in [-0.3, -0.25) is 14.4 Å². The van der Waals surface area contributed by atoms with Crippen LogP contribution in [0.4, 0.5) is 0 Å². The van der Waals surface area contributed by atoms with E-state index in [2.05, 4.69) is 31.3 Å². The minimum atomic E-state index is -1.15. The van der Waals surface area contributed by atoms with E-state index in [9.17, 15) is 24.6 Å². The molecule has 0 radical (unpaired) electrons. The molecule has 5 rings (SSSR count). The number of aliphatic hydroxyl groups excluding tert-OH is 2. The predicted octanol–water partition coefficient (Wildman–Crippen LogP) is 2.46. The Morgan fingerprint density at radius 3 is 2.51 bits per heavy atom. The maximum Gasteiger partial charge on any atom is 0.264 e. The first-order valence-electron chi connectivity index (χ1n) is 15.1. The highest BCUT2D eigenvalue weighted by atomic mass is 16.8. The maximum absolute atomic E-state index is 13.6. The van der Waals surface area contributed by atoms with Crippen molar-refractivity contribution in [2.45, 2.75) is 102 Å². The van der Waals surface area contributed by atoms with Crippen molar-refractivity contribution in [2.24, 2.45) is 17.8 Å². The van der Waals surface area contributed by atoms with Crippen LogP contribution in [0.2, 0.25) is 0 Å². The van der Waals surface area contributed by atoms with Gasteiger partial charge in [0.15, 0.2) is 11.4 Å². The summed E-state index contributed by atoms with van der Waals surface area (Å²) >= 11 is 0. The van der Waals surface area contributed by atoms with Crippen molar-refractivity contribution in [1.82, 2.24) is 10.2 Å². The van der Waals surface area contributed by atoms with Crippen LogP contribution in [-0.4, -0.2) is 94.4 Å². The Morgan fingerprint density at radius 1 is 1.19 bits per heavy atom. The van der Waals surface area contributed by atoms with E-state index in [4.69, 9.17) is 18.9 Å². The van der Waals surface area contributed by atoms with Gasteiger partial charge < -0.3 is 39.4 Å². The Kier molecular flexibility index (Phi) is 8.51. The highest BCUT2D eigenvalue weighted by molar-refractivity contribution is 6.27. The number of aliphatic hydroxyl groups is 2. The zero-order chi connectivity index (χ0) is 31.4. The number of rotatable bonds is 7. The van der Waals surface area contributed by atoms with Crippen LogP contribution in [0.3, 0.4) is 0 Å². The predicted molar refractivity (Wildman–Crippen MR) is 155 cm³/mol. The summed E-state index contributed by atoms with van der Waals surface area (Å²) in [5, 5.41) is 23.7. The molecule has 4 fully saturated rings. The number of carbonyl (C=O) groups excluding carboxylic acids is 3. The lowest BCUT2D eigenvalue weighted by atomic mass is 9.82. The smallest absolute Gasteiger partial charge is 0.264 e. The van der Waals surface area contributed by atoms with Crippen molar-refractivity contribution in [1.29, 1.82) is 0 Å². The third-order valence-electron chi connectivity index (χ3n) is 9.67. The van der Waals surface area contributed by atoms with Crippen LogP contribution in [0.5, 0.6) is 0 Å². The summed E-state index contributed by atoms with van der Waals surface area (Å²) in [6.07, 6.45) is 7.46. The zero-order valence-electron chi connectivity index (χ0n) is 25.9. The number of ether oxygens (including phenoxy) is 4. The van der Waals surface area contributed by atoms with Crippen LogP contribution in [0.15, 0.2) is 47.3 Å². The molecule has 5 aliphatic rings. The van der Waals surface area contributed by atoms with Crippen LogP contribution in [0.25, 0.3) is 0 Å². The molecule has 0 aromatic heterocycles. The molecular formula is C32H44N2O9. The van der Waals surface area contributed by atoms with Gasteiger partial charge in [0.25, 0.3) is 5.91 Å². The third-order valence-corrected chi connectivity index (χ3v) is 9.67. The second-order valence-corrected chi connectivity index (χ2v) is 12.7. The van der Waals surface area contributed by atoms with Gasteiger partial charge >= 0.3 is 0 Å². The molecule has 11 nitrogen and oxygen atoms in total. The lowest BCUT2D eigenvalue weighted by Gasteiger charge is -2.51. The minimum absolute atomic E-state index is 0.0220. The van der Waals surface area contributed by atoms with E-state index in [-0.39, 0.29) is 29.6 Å². The molecule has 0 aromatic carbocycles. The van der Waals surface area contributed by atoms with Crippen LogP contribution in [0, 0.1) is 17.8 Å². The van der Waals surface area contributed by atoms with Crippen molar-refractivity contribution in [3.63, 3.8) is 0 Å². The van der Waals surface area contributed by atoms with Gasteiger partial charge in [0, 0.05) is 18.9 Å². The van der Waals surface area contributed by atoms with E-state index in [1.807, 2.05) is 19.9 Å². The fourth-order valence-corrected chi connectivity index (χ4v) is 6.82. The first-order chi connectivity index (χ1) is 20.2. The number of hydrogen-bond donors (Lipinski definition) is 3. The van der Waals surface area contributed by atoms with Crippen molar-refractivity contribution >= 4 is 17.6 Å². The maximum atomic E-state index is 13.6. The molecule has 2 amide bonds. The molecule has 11 heteroatoms. The van der Waals surface area contributed by atoms with E-state index >= 15 is 0 Å². The van der Waals surface area contributed by atoms with Crippen LogP contribution < -0.4 is 5.32 Å². The van der Waals surface area contributed by atoms with E-state index in [0.29, 0.717) is 19.4 Å². The van der Waals surface area contributed by atoms with Gasteiger partial charge in [-0.2, -0.15) is 0 Å². The van der Waals surface area contributed by atoms with Gasteiger partial charge in [-0.15, -0.1) is 0 Å². The Morgan fingerprint density at radius 2 is 1.88 bits per heavy atom. The molecule has 236 valence electrons. The number of fused-ring (bicyclic) bond motifs is 3. The summed E-state index contributed by atoms with van der Waals surface area (Å²) in [5.74, 6) is -3.93. The number of likely N-dealkylation sites (tertiary alicyclic amines) is 1. The fraction of sp³-hybridized carbons (Fsp3) is 0.656. The van der Waals surface area contributed by atoms with Crippen molar-refractivity contribution in [2.75, 3.05) is 13.7 Å². The first kappa shape index (κ1) is 31.6. The average molecular weight is 601 g/mol. The van der Waals surface area contributed by atoms with E-state index in [0.717, 1.165) is 5.57 Å². The van der Waals surface area contributed by atoms with Gasteiger partial charge in [-0.05, 0) is 45.8 Å². The standard InChI is InChI=1S/C32H44N2O9/c1-16(14-17(2)28-18(3)23-12-13-32(15-40-32)31(6,42-23)43-28)8-9-22(36)25-27(37)26(19(4)29(38)33-7)34(30(25)39)24-11-10-21(35)20(5)41-24/h8-9,12-14,17-21,23-24,26,28,35-36H,10-11,15H2,1-7H3,(H,33,38)/b9-8+,16-14-,25-22+/t17-,18+,19+,20+,21+,23+,24+,26+,28-,31+,32-/m1/s1. The fourth-order valence-electron chi connectivity index (χ4n) is 6.82. The number of allylic oxidation sites excluding steroid dienone is 3. The molecule has 0 aromatic rings. The number of epoxide rings is 1. The second kappa shape index (κ2) is 11.6. The highest BCUT2D eigenvalue weighted by Crippen LogP contribution is 2.52. The summed E-state index contributed by atoms with van der Waals surface area (Å²) in [5.41, 5.74) is -0.127. The molecule has 5 heterocycles. The average Bonchev–Trinajstić information content (AvgIpc) is 3.71. The molecule has 2 bridgehead atoms. The summed E-state index contributed by atoms with van der Waals surface area (Å²) in [6.45, 7) is 11.7. The monoisotopic (exact) mass is 600 g/mol. The Hall–Kier alpha value is -2.83. The molecular weight excluding hydrogens is 556 g/mol. The van der Waals surface area contributed by atoms with Crippen LogP contribution >= 0.6 is 0 Å². The Balaban J connectivity index is 1.36. The minimum Gasteiger partial charge on any atom is -0.507 e. The number of hydrogen-bond acceptors (Lipinski definition) is 9. The molecule has 43 heavy (non-hydrogen) atoms. The SMILES string of the molecule is CNC(=O)[C@@H](C)[C@H]1C(=O)/C(=C(O)/C=C/C(C)=C\[C@@H](C)[C@H]2O[C@]3(C)O[C@@H](C=C[C@@]34CO4)[C@@H]2C)C(=O)N1[C@@H]1CC[C@H](O)[C@H](C)O1. The lowest BCUT2D eigenvalue weighted by Crippen LogP contribution is -2.61. The van der Waals surface area contributed by atoms with Crippen molar-refractivity contribution < 1.29 is 43.5 Å². The van der Waals surface area contributed by atoms with E-state index in [1.165, 1.54) is 18.0 Å². The highest BCUT2D eigenvalue weighted by Gasteiger charge is 2.66.